The van der Waals surface area contributed by atoms with Gasteiger partial charge < -0.3 is 22.1 Å². The average Bonchev–Trinajstić information content (AvgIpc) is 3.11. The van der Waals surface area contributed by atoms with E-state index in [1.54, 1.807) is 6.08 Å². The van der Waals surface area contributed by atoms with Crippen LogP contribution in [-0.4, -0.2) is 55.7 Å². The topological polar surface area (TPSA) is 125 Å². The summed E-state index contributed by atoms with van der Waals surface area (Å²) in [6.07, 6.45) is 0.881. The predicted molar refractivity (Wildman–Crippen MR) is 128 cm³/mol. The van der Waals surface area contributed by atoms with Gasteiger partial charge in [-0.25, -0.2) is 9.07 Å². The molecule has 1 heterocycles. The number of aliphatic carboxylic acids is 1. The van der Waals surface area contributed by atoms with Gasteiger partial charge in [-0.3, -0.25) is 9.59 Å². The molecule has 0 saturated heterocycles. The number of carbonyl (C=O) groups excluding carboxylic acids is 1. The molecule has 35 heavy (non-hydrogen) atoms. The molecule has 188 valence electrons. The number of carboxylic acid groups (broad SMARTS) is 1. The monoisotopic (exact) mass is 499 g/mol. The van der Waals surface area contributed by atoms with Gasteiger partial charge >= 0.3 is 35.5 Å². The van der Waals surface area contributed by atoms with Crippen molar-refractivity contribution in [2.24, 2.45) is 5.92 Å². The van der Waals surface area contributed by atoms with E-state index in [9.17, 15) is 24.2 Å². The van der Waals surface area contributed by atoms with Crippen LogP contribution in [0.25, 0.3) is 11.8 Å². The van der Waals surface area contributed by atoms with Gasteiger partial charge in [-0.1, -0.05) is 33.8 Å². The van der Waals surface area contributed by atoms with Crippen molar-refractivity contribution in [1.29, 1.82) is 0 Å². The van der Waals surface area contributed by atoms with Crippen molar-refractivity contribution >= 4 is 18.0 Å². The fraction of sp³-hybridized carbons (Fsp3) is 0.480. The zero-order chi connectivity index (χ0) is 25.4. The van der Waals surface area contributed by atoms with Crippen LogP contribution >= 0.6 is 0 Å². The molecule has 1 aromatic heterocycles. The third-order valence-corrected chi connectivity index (χ3v) is 5.23. The molecule has 2 atom stereocenters. The van der Waals surface area contributed by atoms with Gasteiger partial charge in [0.2, 0.25) is 0 Å². The fourth-order valence-electron chi connectivity index (χ4n) is 3.52. The van der Waals surface area contributed by atoms with Crippen LogP contribution < -0.4 is 34.9 Å². The van der Waals surface area contributed by atoms with Crippen molar-refractivity contribution in [2.75, 3.05) is 6.54 Å². The molecule has 8 nitrogen and oxygen atoms in total. The summed E-state index contributed by atoms with van der Waals surface area (Å²) in [7, 11) is 0. The Morgan fingerprint density at radius 3 is 2.34 bits per heavy atom. The smallest absolute Gasteiger partial charge is 1.00 e. The molecule has 0 bridgehead atoms. The molecule has 0 aliphatic heterocycles. The third kappa shape index (κ3) is 9.50. The first kappa shape index (κ1) is 31.0. The van der Waals surface area contributed by atoms with Crippen LogP contribution in [0.3, 0.4) is 0 Å². The van der Waals surface area contributed by atoms with Gasteiger partial charge in [0.05, 0.1) is 30.0 Å². The van der Waals surface area contributed by atoms with E-state index in [-0.39, 0.29) is 54.9 Å². The number of nitrogens with one attached hydrogen (secondary N) is 1. The Morgan fingerprint density at radius 2 is 1.80 bits per heavy atom. The van der Waals surface area contributed by atoms with Gasteiger partial charge in [0, 0.05) is 18.5 Å². The Kier molecular flexibility index (Phi) is 12.8. The number of nitrogens with zero attached hydrogens (tertiary/aromatic N) is 2. The molecule has 0 spiro atoms. The Balaban J connectivity index is 0.00000612. The molecule has 2 aromatic rings. The van der Waals surface area contributed by atoms with Crippen molar-refractivity contribution in [2.45, 2.75) is 65.1 Å². The van der Waals surface area contributed by atoms with Crippen LogP contribution in [0, 0.1) is 11.7 Å². The molecule has 1 aromatic carbocycles. The average molecular weight is 500 g/mol. The van der Waals surface area contributed by atoms with Gasteiger partial charge in [-0.15, -0.1) is 0 Å². The van der Waals surface area contributed by atoms with E-state index in [2.05, 4.69) is 24.3 Å². The van der Waals surface area contributed by atoms with Gasteiger partial charge in [0.25, 0.3) is 5.91 Å². The number of rotatable bonds is 12. The molecule has 2 rings (SSSR count). The maximum atomic E-state index is 13.5. The summed E-state index contributed by atoms with van der Waals surface area (Å²) >= 11 is 0. The van der Waals surface area contributed by atoms with E-state index in [1.807, 2.05) is 13.8 Å². The van der Waals surface area contributed by atoms with Crippen molar-refractivity contribution in [3.05, 3.63) is 53.1 Å². The molecule has 1 amide bonds. The summed E-state index contributed by atoms with van der Waals surface area (Å²) in [6.45, 7) is 8.47. The number of carbonyl (C=O) groups is 2. The van der Waals surface area contributed by atoms with Crippen molar-refractivity contribution < 1.29 is 60.3 Å². The molecule has 0 fully saturated rings. The molecular formula is C25H35FN3NaO5. The Morgan fingerprint density at radius 1 is 1.17 bits per heavy atom. The number of carboxylic acids is 1. The van der Waals surface area contributed by atoms with Gasteiger partial charge in [0.1, 0.15) is 5.82 Å². The van der Waals surface area contributed by atoms with Crippen LogP contribution in [0.5, 0.6) is 0 Å². The maximum Gasteiger partial charge on any atom is 1.00 e. The molecule has 0 aliphatic carbocycles. The quantitative estimate of drug-likeness (QED) is 0.318. The van der Waals surface area contributed by atoms with Crippen LogP contribution in [0.4, 0.5) is 4.39 Å². The molecule has 0 aliphatic rings. The van der Waals surface area contributed by atoms with Gasteiger partial charge in [0.15, 0.2) is 5.69 Å². The zero-order valence-electron chi connectivity index (χ0n) is 22.0. The van der Waals surface area contributed by atoms with Crippen LogP contribution in [0.2, 0.25) is 0 Å². The Labute approximate surface area is 229 Å². The summed E-state index contributed by atoms with van der Waals surface area (Å²) in [5, 5.41) is 36.3. The SMILES string of the molecule is CC(C)CCNC(=O)c1nn(-c2ccc(F)cc2)c(/C=C/[C@H](O)C[C@@H](O)CC(=O)O)c1C(C)C.[H-].[Na+]. The minimum atomic E-state index is -1.20. The summed E-state index contributed by atoms with van der Waals surface area (Å²) in [6, 6.07) is 5.66. The zero-order valence-corrected chi connectivity index (χ0v) is 23.0. The van der Waals surface area contributed by atoms with Gasteiger partial charge in [-0.2, -0.15) is 5.10 Å². The minimum Gasteiger partial charge on any atom is -1.00 e. The summed E-state index contributed by atoms with van der Waals surface area (Å²) in [4.78, 5) is 23.7. The number of aliphatic hydroxyl groups is 2. The molecule has 0 unspecified atom stereocenters. The second kappa shape index (κ2) is 14.5. The number of amides is 1. The van der Waals surface area contributed by atoms with Crippen molar-refractivity contribution in [3.8, 4) is 5.69 Å². The van der Waals surface area contributed by atoms with Crippen LogP contribution in [0.15, 0.2) is 30.3 Å². The molecule has 4 N–H and O–H groups in total. The third-order valence-electron chi connectivity index (χ3n) is 5.23. The van der Waals surface area contributed by atoms with E-state index in [0.29, 0.717) is 29.4 Å². The first-order chi connectivity index (χ1) is 16.0. The predicted octanol–water partition coefficient (Wildman–Crippen LogP) is 0.627. The number of aromatic nitrogens is 2. The van der Waals surface area contributed by atoms with Gasteiger partial charge in [-0.05, 0) is 48.6 Å². The Hall–Kier alpha value is -2.04. The number of benzene rings is 1. The largest absolute Gasteiger partial charge is 1.00 e. The Bertz CT molecular complexity index is 1010. The number of hydrogen-bond acceptors (Lipinski definition) is 5. The summed E-state index contributed by atoms with van der Waals surface area (Å²) in [5.74, 6) is -1.57. The summed E-state index contributed by atoms with van der Waals surface area (Å²) in [5.41, 5.74) is 1.95. The normalized spacial score (nSPS) is 13.2. The van der Waals surface area contributed by atoms with E-state index in [0.717, 1.165) is 6.42 Å². The van der Waals surface area contributed by atoms with Crippen molar-refractivity contribution in [3.63, 3.8) is 0 Å². The van der Waals surface area contributed by atoms with Crippen LogP contribution in [-0.2, 0) is 4.79 Å². The second-order valence-corrected chi connectivity index (χ2v) is 9.04. The van der Waals surface area contributed by atoms with Crippen LogP contribution in [0.1, 0.15) is 76.0 Å². The standard InChI is InChI=1S/C25H34FN3O5.Na.H/c1-15(2)11-12-27-25(34)24-23(16(3)4)21(10-9-19(30)13-20(31)14-22(32)33)29(28-24)18-7-5-17(26)6-8-18;;/h5-10,15-16,19-20,30-31H,11-14H2,1-4H3,(H,27,34)(H,32,33);;/q;+1;-1/b10-9+;;/t19-,20+;;/m0../s1. The van der Waals surface area contributed by atoms with E-state index < -0.39 is 30.4 Å². The minimum absolute atomic E-state index is 0. The van der Waals surface area contributed by atoms with E-state index >= 15 is 0 Å². The van der Waals surface area contributed by atoms with Crippen molar-refractivity contribution in [1.82, 2.24) is 15.1 Å². The second-order valence-electron chi connectivity index (χ2n) is 9.04. The first-order valence-corrected chi connectivity index (χ1v) is 11.4. The summed E-state index contributed by atoms with van der Waals surface area (Å²) < 4.78 is 15.0. The number of hydrogen-bond donors (Lipinski definition) is 4. The van der Waals surface area contributed by atoms with E-state index in [4.69, 9.17) is 5.11 Å². The molecule has 0 saturated carbocycles. The molecule has 0 radical (unpaired) electrons. The number of aliphatic hydroxyl groups excluding tert-OH is 2. The molecular weight excluding hydrogens is 464 g/mol. The first-order valence-electron chi connectivity index (χ1n) is 11.4. The maximum absolute atomic E-state index is 13.5. The fourth-order valence-corrected chi connectivity index (χ4v) is 3.52. The van der Waals surface area contributed by atoms with E-state index in [1.165, 1.54) is 35.0 Å². The number of halogens is 1. The molecule has 10 heteroatoms.